The number of rotatable bonds is 10. The molecular weight excluding hydrogens is 440 g/mol. The van der Waals surface area contributed by atoms with E-state index in [2.05, 4.69) is 4.98 Å². The number of hydrogen-bond acceptors (Lipinski definition) is 6. The van der Waals surface area contributed by atoms with Crippen molar-refractivity contribution < 1.29 is 17.9 Å². The monoisotopic (exact) mass is 470 g/mol. The number of imidazole rings is 1. The number of ether oxygens (including phenoxy) is 1. The highest BCUT2D eigenvalue weighted by Crippen LogP contribution is 2.28. The number of nitrogens with zero attached hydrogens (tertiary/aromatic N) is 2. The molecule has 33 heavy (non-hydrogen) atoms. The zero-order chi connectivity index (χ0) is 24.0. The third kappa shape index (κ3) is 5.61. The molecule has 0 aliphatic rings. The summed E-state index contributed by atoms with van der Waals surface area (Å²) in [4.78, 5) is 16.0. The van der Waals surface area contributed by atoms with E-state index in [0.29, 0.717) is 31.3 Å². The second kappa shape index (κ2) is 10.6. The lowest BCUT2D eigenvalue weighted by Gasteiger charge is -2.13. The first-order chi connectivity index (χ1) is 15.8. The molecule has 0 saturated heterocycles. The minimum atomic E-state index is -3.96. The number of hydrogen-bond donors (Lipinski definition) is 2. The fraction of sp³-hybridized carbons (Fsp3) is 0.333. The van der Waals surface area contributed by atoms with Gasteiger partial charge in [0.25, 0.3) is 16.0 Å². The summed E-state index contributed by atoms with van der Waals surface area (Å²) in [6.45, 7) is 6.71. The van der Waals surface area contributed by atoms with Crippen molar-refractivity contribution in [1.82, 2.24) is 14.3 Å². The Balaban J connectivity index is 1.93. The maximum atomic E-state index is 12.6. The van der Waals surface area contributed by atoms with Gasteiger partial charge in [0.1, 0.15) is 0 Å². The topological polar surface area (TPSA) is 116 Å². The number of nitrogens with two attached hydrogens (primary N) is 1. The van der Waals surface area contributed by atoms with E-state index in [1.54, 1.807) is 18.2 Å². The number of sulfonamides is 1. The normalized spacial score (nSPS) is 11.4. The maximum Gasteiger partial charge on any atom is 0.297 e. The van der Waals surface area contributed by atoms with Crippen LogP contribution in [0.2, 0.25) is 0 Å². The number of aromatic nitrogens is 2. The van der Waals surface area contributed by atoms with Gasteiger partial charge in [-0.3, -0.25) is 9.36 Å². The molecule has 176 valence electrons. The average molecular weight is 471 g/mol. The molecule has 0 atom stereocenters. The molecule has 3 aromatic rings. The Morgan fingerprint density at radius 1 is 1.12 bits per heavy atom. The molecule has 8 nitrogen and oxygen atoms in total. The highest BCUT2D eigenvalue weighted by atomic mass is 32.2. The second-order valence-electron chi connectivity index (χ2n) is 7.63. The summed E-state index contributed by atoms with van der Waals surface area (Å²) in [7, 11) is -3.96. The van der Waals surface area contributed by atoms with Crippen molar-refractivity contribution in [2.75, 3.05) is 6.61 Å². The predicted molar refractivity (Wildman–Crippen MR) is 127 cm³/mol. The van der Waals surface area contributed by atoms with Crippen LogP contribution in [0.15, 0.2) is 53.4 Å². The SMILES string of the molecule is CCCOc1nc(CC)c(CN)n1Cc1ccc(-c2ccccc2S(=O)(=O)NC(C)=O)cc1. The van der Waals surface area contributed by atoms with E-state index in [1.165, 1.54) is 13.0 Å². The number of carbonyl (C=O) groups excluding carboxylic acids is 1. The lowest BCUT2D eigenvalue weighted by atomic mass is 10.0. The molecule has 0 spiro atoms. The fourth-order valence-corrected chi connectivity index (χ4v) is 4.87. The van der Waals surface area contributed by atoms with Crippen LogP contribution in [-0.4, -0.2) is 30.5 Å². The Bertz CT molecular complexity index is 1220. The standard InChI is InChI=1S/C24H30N4O4S/c1-4-14-32-24-26-21(5-2)22(15-25)28(24)16-18-10-12-19(13-11-18)20-8-6-7-9-23(20)33(30,31)27-17(3)29/h6-13H,4-5,14-16,25H2,1-3H3,(H,27,29). The lowest BCUT2D eigenvalue weighted by molar-refractivity contribution is -0.117. The van der Waals surface area contributed by atoms with Gasteiger partial charge in [0, 0.05) is 19.0 Å². The summed E-state index contributed by atoms with van der Waals surface area (Å²) in [5, 5.41) is 0. The Kier molecular flexibility index (Phi) is 7.88. The molecule has 0 unspecified atom stereocenters. The van der Waals surface area contributed by atoms with Gasteiger partial charge in [-0.1, -0.05) is 56.3 Å². The van der Waals surface area contributed by atoms with E-state index in [-0.39, 0.29) is 4.90 Å². The molecule has 0 radical (unpaired) electrons. The summed E-state index contributed by atoms with van der Waals surface area (Å²) in [5.74, 6) is -0.635. The van der Waals surface area contributed by atoms with Crippen LogP contribution < -0.4 is 15.2 Å². The zero-order valence-corrected chi connectivity index (χ0v) is 20.0. The maximum absolute atomic E-state index is 12.6. The van der Waals surface area contributed by atoms with Crippen LogP contribution in [0.5, 0.6) is 6.01 Å². The van der Waals surface area contributed by atoms with E-state index in [4.69, 9.17) is 10.5 Å². The quantitative estimate of drug-likeness (QED) is 0.470. The van der Waals surface area contributed by atoms with Crippen molar-refractivity contribution in [3.8, 4) is 17.1 Å². The lowest BCUT2D eigenvalue weighted by Crippen LogP contribution is -2.28. The van der Waals surface area contributed by atoms with Crippen LogP contribution in [0.1, 0.15) is 44.1 Å². The fourth-order valence-electron chi connectivity index (χ4n) is 3.65. The predicted octanol–water partition coefficient (Wildman–Crippen LogP) is 3.23. The minimum Gasteiger partial charge on any atom is -0.465 e. The molecule has 0 aliphatic carbocycles. The number of nitrogens with one attached hydrogen (secondary N) is 1. The number of benzene rings is 2. The molecule has 2 aromatic carbocycles. The Morgan fingerprint density at radius 2 is 1.82 bits per heavy atom. The number of aryl methyl sites for hydroxylation is 1. The van der Waals surface area contributed by atoms with Crippen LogP contribution in [0.3, 0.4) is 0 Å². The number of amides is 1. The summed E-state index contributed by atoms with van der Waals surface area (Å²) >= 11 is 0. The third-order valence-electron chi connectivity index (χ3n) is 5.14. The minimum absolute atomic E-state index is 0.0517. The van der Waals surface area contributed by atoms with Crippen molar-refractivity contribution in [2.24, 2.45) is 5.73 Å². The molecular formula is C24H30N4O4S. The van der Waals surface area contributed by atoms with Crippen molar-refractivity contribution in [2.45, 2.75) is 51.6 Å². The molecule has 0 aliphatic heterocycles. The van der Waals surface area contributed by atoms with E-state index >= 15 is 0 Å². The van der Waals surface area contributed by atoms with Crippen LogP contribution >= 0.6 is 0 Å². The van der Waals surface area contributed by atoms with E-state index in [0.717, 1.165) is 35.4 Å². The van der Waals surface area contributed by atoms with Crippen LogP contribution in [0.25, 0.3) is 11.1 Å². The van der Waals surface area contributed by atoms with Gasteiger partial charge >= 0.3 is 0 Å². The average Bonchev–Trinajstić information content (AvgIpc) is 3.13. The van der Waals surface area contributed by atoms with Gasteiger partial charge in [-0.2, -0.15) is 4.98 Å². The van der Waals surface area contributed by atoms with Crippen LogP contribution in [0, 0.1) is 0 Å². The van der Waals surface area contributed by atoms with E-state index < -0.39 is 15.9 Å². The van der Waals surface area contributed by atoms with E-state index in [9.17, 15) is 13.2 Å². The molecule has 0 saturated carbocycles. The van der Waals surface area contributed by atoms with Crippen molar-refractivity contribution >= 4 is 15.9 Å². The van der Waals surface area contributed by atoms with Crippen LogP contribution in [-0.2, 0) is 34.3 Å². The first-order valence-corrected chi connectivity index (χ1v) is 12.4. The first-order valence-electron chi connectivity index (χ1n) is 10.9. The molecule has 0 bridgehead atoms. The molecule has 3 N–H and O–H groups in total. The zero-order valence-electron chi connectivity index (χ0n) is 19.2. The van der Waals surface area contributed by atoms with Crippen LogP contribution in [0.4, 0.5) is 0 Å². The number of carbonyl (C=O) groups is 1. The Morgan fingerprint density at radius 3 is 2.42 bits per heavy atom. The van der Waals surface area contributed by atoms with Gasteiger partial charge in [-0.25, -0.2) is 13.1 Å². The van der Waals surface area contributed by atoms with E-state index in [1.807, 2.05) is 47.4 Å². The molecule has 3 rings (SSSR count). The Labute approximate surface area is 194 Å². The molecule has 1 aromatic heterocycles. The highest BCUT2D eigenvalue weighted by molar-refractivity contribution is 7.90. The Hall–Kier alpha value is -3.17. The molecule has 1 heterocycles. The largest absolute Gasteiger partial charge is 0.465 e. The third-order valence-corrected chi connectivity index (χ3v) is 6.64. The molecule has 9 heteroatoms. The molecule has 1 amide bonds. The highest BCUT2D eigenvalue weighted by Gasteiger charge is 2.20. The van der Waals surface area contributed by atoms with Gasteiger partial charge < -0.3 is 10.5 Å². The second-order valence-corrected chi connectivity index (χ2v) is 9.29. The van der Waals surface area contributed by atoms with Crippen molar-refractivity contribution in [3.63, 3.8) is 0 Å². The van der Waals surface area contributed by atoms with Gasteiger partial charge in [0.15, 0.2) is 0 Å². The summed E-state index contributed by atoms with van der Waals surface area (Å²) in [5.41, 5.74) is 10.1. The summed E-state index contributed by atoms with van der Waals surface area (Å²) in [6.07, 6.45) is 1.64. The first kappa shape index (κ1) is 24.5. The van der Waals surface area contributed by atoms with Gasteiger partial charge in [-0.05, 0) is 30.0 Å². The van der Waals surface area contributed by atoms with Gasteiger partial charge in [0.05, 0.1) is 29.4 Å². The summed E-state index contributed by atoms with van der Waals surface area (Å²) < 4.78 is 35.1. The van der Waals surface area contributed by atoms with Crippen molar-refractivity contribution in [3.05, 3.63) is 65.5 Å². The van der Waals surface area contributed by atoms with Crippen molar-refractivity contribution in [1.29, 1.82) is 0 Å². The summed E-state index contributed by atoms with van der Waals surface area (Å²) in [6, 6.07) is 14.8. The smallest absolute Gasteiger partial charge is 0.297 e. The van der Waals surface area contributed by atoms with Gasteiger partial charge in [-0.15, -0.1) is 0 Å². The molecule has 0 fully saturated rings. The van der Waals surface area contributed by atoms with Gasteiger partial charge in [0.2, 0.25) is 5.91 Å².